The van der Waals surface area contributed by atoms with Crippen molar-refractivity contribution in [1.29, 1.82) is 0 Å². The second kappa shape index (κ2) is 6.10. The Morgan fingerprint density at radius 2 is 2.10 bits per heavy atom. The lowest BCUT2D eigenvalue weighted by atomic mass is 10.1. The molecule has 1 N–H and O–H groups in total. The molecule has 3 aromatic rings. The highest BCUT2D eigenvalue weighted by atomic mass is 15.3. The molecule has 2 heterocycles. The minimum Gasteiger partial charge on any atom is -0.340 e. The molecular formula is C16H21N5. The van der Waals surface area contributed by atoms with E-state index >= 15 is 0 Å². The molecule has 110 valence electrons. The van der Waals surface area contributed by atoms with E-state index in [1.165, 1.54) is 16.5 Å². The molecule has 1 aromatic carbocycles. The third-order valence-corrected chi connectivity index (χ3v) is 3.81. The maximum Gasteiger partial charge on any atom is 0.146 e. The predicted octanol–water partition coefficient (Wildman–Crippen LogP) is 1.97. The number of nitrogens with zero attached hydrogens (tertiary/aromatic N) is 4. The first kappa shape index (κ1) is 13.8. The molecule has 0 aliphatic heterocycles. The summed E-state index contributed by atoms with van der Waals surface area (Å²) in [6.07, 6.45) is 4.89. The van der Waals surface area contributed by atoms with Gasteiger partial charge in [-0.3, -0.25) is 4.68 Å². The molecule has 0 fully saturated rings. The van der Waals surface area contributed by atoms with E-state index in [9.17, 15) is 0 Å². The number of hydrogen-bond donors (Lipinski definition) is 1. The van der Waals surface area contributed by atoms with Crippen LogP contribution in [-0.4, -0.2) is 32.4 Å². The van der Waals surface area contributed by atoms with Crippen molar-refractivity contribution in [2.24, 2.45) is 7.05 Å². The minimum atomic E-state index is 0.748. The molecule has 0 spiro atoms. The van der Waals surface area contributed by atoms with Crippen molar-refractivity contribution in [2.75, 3.05) is 13.1 Å². The van der Waals surface area contributed by atoms with Crippen LogP contribution in [-0.2, 0) is 20.0 Å². The highest BCUT2D eigenvalue weighted by Crippen LogP contribution is 2.22. The third kappa shape index (κ3) is 2.83. The van der Waals surface area contributed by atoms with Crippen molar-refractivity contribution in [3.05, 3.63) is 48.2 Å². The van der Waals surface area contributed by atoms with E-state index in [2.05, 4.69) is 57.4 Å². The van der Waals surface area contributed by atoms with Crippen LogP contribution < -0.4 is 5.32 Å². The zero-order chi connectivity index (χ0) is 14.7. The summed E-state index contributed by atoms with van der Waals surface area (Å²) in [5.41, 5.74) is 2.64. The highest BCUT2D eigenvalue weighted by Gasteiger charge is 2.10. The first-order valence-electron chi connectivity index (χ1n) is 7.40. The lowest BCUT2D eigenvalue weighted by Crippen LogP contribution is -2.15. The maximum absolute atomic E-state index is 4.32. The van der Waals surface area contributed by atoms with Crippen molar-refractivity contribution in [2.45, 2.75) is 19.9 Å². The van der Waals surface area contributed by atoms with Gasteiger partial charge in [0.2, 0.25) is 0 Å². The Morgan fingerprint density at radius 3 is 2.86 bits per heavy atom. The maximum atomic E-state index is 4.32. The molecule has 0 bridgehead atoms. The Kier molecular flexibility index (Phi) is 4.01. The fraction of sp³-hybridized carbons (Fsp3) is 0.375. The minimum absolute atomic E-state index is 0.748. The second-order valence-electron chi connectivity index (χ2n) is 5.20. The van der Waals surface area contributed by atoms with Crippen molar-refractivity contribution in [3.63, 3.8) is 0 Å². The Labute approximate surface area is 124 Å². The van der Waals surface area contributed by atoms with E-state index in [-0.39, 0.29) is 0 Å². The molecular weight excluding hydrogens is 262 g/mol. The van der Waals surface area contributed by atoms with E-state index in [1.807, 2.05) is 11.7 Å². The first-order valence-corrected chi connectivity index (χ1v) is 7.40. The molecule has 0 saturated carbocycles. The number of likely N-dealkylation sites (N-methyl/N-ethyl adjacent to an activating group) is 1. The average molecular weight is 283 g/mol. The summed E-state index contributed by atoms with van der Waals surface area (Å²) in [5, 5.41) is 8.86. The van der Waals surface area contributed by atoms with Crippen LogP contribution in [0.15, 0.2) is 36.8 Å². The average Bonchev–Trinajstić information content (AvgIpc) is 3.05. The summed E-state index contributed by atoms with van der Waals surface area (Å²) in [6.45, 7) is 4.90. The van der Waals surface area contributed by atoms with Gasteiger partial charge in [0.05, 0.1) is 6.54 Å². The number of fused-ring (bicyclic) bond motifs is 1. The summed E-state index contributed by atoms with van der Waals surface area (Å²) < 4.78 is 4.09. The van der Waals surface area contributed by atoms with Crippen LogP contribution in [0.25, 0.3) is 10.9 Å². The van der Waals surface area contributed by atoms with Crippen molar-refractivity contribution >= 4 is 10.9 Å². The second-order valence-corrected chi connectivity index (χ2v) is 5.20. The number of rotatable bonds is 6. The lowest BCUT2D eigenvalue weighted by molar-refractivity contribution is 0.662. The summed E-state index contributed by atoms with van der Waals surface area (Å²) in [6, 6.07) is 8.56. The van der Waals surface area contributed by atoms with Gasteiger partial charge in [-0.2, -0.15) is 5.10 Å². The van der Waals surface area contributed by atoms with Gasteiger partial charge in [0.1, 0.15) is 12.2 Å². The molecule has 3 rings (SSSR count). The monoisotopic (exact) mass is 283 g/mol. The Morgan fingerprint density at radius 1 is 1.24 bits per heavy atom. The molecule has 0 aliphatic carbocycles. The van der Waals surface area contributed by atoms with Crippen LogP contribution >= 0.6 is 0 Å². The summed E-state index contributed by atoms with van der Waals surface area (Å²) in [4.78, 5) is 4.32. The van der Waals surface area contributed by atoms with Crippen molar-refractivity contribution in [3.8, 4) is 0 Å². The zero-order valence-electron chi connectivity index (χ0n) is 12.6. The van der Waals surface area contributed by atoms with Crippen LogP contribution in [0.3, 0.4) is 0 Å². The van der Waals surface area contributed by atoms with Gasteiger partial charge in [0.25, 0.3) is 0 Å². The molecule has 21 heavy (non-hydrogen) atoms. The van der Waals surface area contributed by atoms with Gasteiger partial charge in [-0.15, -0.1) is 0 Å². The topological polar surface area (TPSA) is 47.7 Å². The van der Waals surface area contributed by atoms with Gasteiger partial charge >= 0.3 is 0 Å². The summed E-state index contributed by atoms with van der Waals surface area (Å²) in [5.74, 6) is 0.967. The largest absolute Gasteiger partial charge is 0.340 e. The quantitative estimate of drug-likeness (QED) is 0.704. The number of aromatic nitrogens is 4. The Bertz CT molecular complexity index is 725. The number of aryl methyl sites for hydroxylation is 1. The van der Waals surface area contributed by atoms with E-state index < -0.39 is 0 Å². The van der Waals surface area contributed by atoms with Gasteiger partial charge in [-0.25, -0.2) is 4.98 Å². The fourth-order valence-electron chi connectivity index (χ4n) is 2.67. The highest BCUT2D eigenvalue weighted by molar-refractivity contribution is 5.84. The van der Waals surface area contributed by atoms with E-state index in [0.29, 0.717) is 0 Å². The van der Waals surface area contributed by atoms with E-state index in [4.69, 9.17) is 0 Å². The van der Waals surface area contributed by atoms with E-state index in [1.54, 1.807) is 6.33 Å². The van der Waals surface area contributed by atoms with Crippen LogP contribution in [0.4, 0.5) is 0 Å². The van der Waals surface area contributed by atoms with Gasteiger partial charge in [0, 0.05) is 24.1 Å². The normalized spacial score (nSPS) is 11.3. The molecule has 0 amide bonds. The van der Waals surface area contributed by atoms with Crippen LogP contribution in [0.1, 0.15) is 18.3 Å². The molecule has 5 nitrogen and oxygen atoms in total. The van der Waals surface area contributed by atoms with Gasteiger partial charge < -0.3 is 9.88 Å². The number of nitrogens with one attached hydrogen (secondary N) is 1. The van der Waals surface area contributed by atoms with Crippen molar-refractivity contribution in [1.82, 2.24) is 24.6 Å². The lowest BCUT2D eigenvalue weighted by Gasteiger charge is -2.04. The molecule has 0 saturated heterocycles. The van der Waals surface area contributed by atoms with Crippen molar-refractivity contribution < 1.29 is 0 Å². The summed E-state index contributed by atoms with van der Waals surface area (Å²) >= 11 is 0. The molecule has 0 unspecified atom stereocenters. The van der Waals surface area contributed by atoms with E-state index in [0.717, 1.165) is 31.9 Å². The number of hydrogen-bond acceptors (Lipinski definition) is 3. The standard InChI is InChI=1S/C16H21N5/c1-3-17-9-8-13-10-21(11-16-18-12-19-20(16)2)15-7-5-4-6-14(13)15/h4-7,10,12,17H,3,8-9,11H2,1-2H3. The first-order chi connectivity index (χ1) is 10.3. The number of benzene rings is 1. The fourth-order valence-corrected chi connectivity index (χ4v) is 2.67. The van der Waals surface area contributed by atoms with Crippen LogP contribution in [0, 0.1) is 0 Å². The number of para-hydroxylation sites is 1. The SMILES string of the molecule is CCNCCc1cn(Cc2ncnn2C)c2ccccc12. The zero-order valence-corrected chi connectivity index (χ0v) is 12.6. The smallest absolute Gasteiger partial charge is 0.146 e. The molecule has 0 radical (unpaired) electrons. The Balaban J connectivity index is 1.93. The molecule has 2 aromatic heterocycles. The van der Waals surface area contributed by atoms with Gasteiger partial charge in [-0.05, 0) is 31.1 Å². The predicted molar refractivity (Wildman–Crippen MR) is 84.3 cm³/mol. The molecule has 0 aliphatic rings. The van der Waals surface area contributed by atoms with Crippen LogP contribution in [0.2, 0.25) is 0 Å². The van der Waals surface area contributed by atoms with Gasteiger partial charge in [-0.1, -0.05) is 25.1 Å². The molecule has 0 atom stereocenters. The van der Waals surface area contributed by atoms with Gasteiger partial charge in [0.15, 0.2) is 0 Å². The summed E-state index contributed by atoms with van der Waals surface area (Å²) in [7, 11) is 1.93. The Hall–Kier alpha value is -2.14. The van der Waals surface area contributed by atoms with Crippen LogP contribution in [0.5, 0.6) is 0 Å². The molecule has 5 heteroatoms. The third-order valence-electron chi connectivity index (χ3n) is 3.81.